The molecule has 3 amide bonds. The monoisotopic (exact) mass is 498 g/mol. The predicted molar refractivity (Wildman–Crippen MR) is 136 cm³/mol. The first-order chi connectivity index (χ1) is 16.7. The highest BCUT2D eigenvalue weighted by atomic mass is 32.2. The number of sulfonamides is 1. The highest BCUT2D eigenvalue weighted by Crippen LogP contribution is 2.38. The van der Waals surface area contributed by atoms with Crippen molar-refractivity contribution in [3.05, 3.63) is 58.1 Å². The first-order valence-corrected chi connectivity index (χ1v) is 13.7. The molecule has 0 radical (unpaired) electrons. The second-order valence-electron chi connectivity index (χ2n) is 9.59. The third kappa shape index (κ3) is 6.21. The summed E-state index contributed by atoms with van der Waals surface area (Å²) in [7, 11) is -0.175. The van der Waals surface area contributed by atoms with Crippen molar-refractivity contribution in [3.63, 3.8) is 0 Å². The molecule has 35 heavy (non-hydrogen) atoms. The van der Waals surface area contributed by atoms with Gasteiger partial charge in [0.15, 0.2) is 0 Å². The van der Waals surface area contributed by atoms with Crippen molar-refractivity contribution >= 4 is 27.6 Å². The van der Waals surface area contributed by atoms with Crippen LogP contribution in [-0.2, 0) is 46.9 Å². The van der Waals surface area contributed by atoms with Gasteiger partial charge in [-0.2, -0.15) is 0 Å². The Hall–Kier alpha value is -2.91. The molecule has 188 valence electrons. The SMILES string of the molecule is CN(C)CCC(=O)NCCc1ccc(S(=O)(=O)NC(=O)Nc2c3c(cc4c2CCC4)CCC3)cc1. The molecule has 0 fully saturated rings. The Bertz CT molecular complexity index is 1170. The van der Waals surface area contributed by atoms with Crippen molar-refractivity contribution < 1.29 is 18.0 Å². The van der Waals surface area contributed by atoms with Gasteiger partial charge in [-0.3, -0.25) is 4.79 Å². The molecule has 0 atom stereocenters. The first-order valence-electron chi connectivity index (χ1n) is 12.2. The molecular formula is C26H34N4O4S. The summed E-state index contributed by atoms with van der Waals surface area (Å²) in [4.78, 5) is 26.5. The van der Waals surface area contributed by atoms with E-state index < -0.39 is 16.1 Å². The lowest BCUT2D eigenvalue weighted by Gasteiger charge is -2.16. The van der Waals surface area contributed by atoms with Gasteiger partial charge in [-0.15, -0.1) is 0 Å². The van der Waals surface area contributed by atoms with Crippen molar-refractivity contribution in [2.24, 2.45) is 0 Å². The van der Waals surface area contributed by atoms with Gasteiger partial charge in [0.2, 0.25) is 5.91 Å². The highest BCUT2D eigenvalue weighted by Gasteiger charge is 2.26. The molecule has 3 N–H and O–H groups in total. The van der Waals surface area contributed by atoms with Crippen LogP contribution in [0.5, 0.6) is 0 Å². The number of carbonyl (C=O) groups excluding carboxylic acids is 2. The number of amides is 3. The number of fused-ring (bicyclic) bond motifs is 2. The number of anilines is 1. The largest absolute Gasteiger partial charge is 0.356 e. The van der Waals surface area contributed by atoms with Crippen LogP contribution in [0.15, 0.2) is 35.2 Å². The summed E-state index contributed by atoms with van der Waals surface area (Å²) >= 11 is 0. The van der Waals surface area contributed by atoms with E-state index >= 15 is 0 Å². The van der Waals surface area contributed by atoms with Gasteiger partial charge in [0, 0.05) is 25.2 Å². The quantitative estimate of drug-likeness (QED) is 0.493. The fourth-order valence-electron chi connectivity index (χ4n) is 4.88. The molecule has 0 saturated heterocycles. The topological polar surface area (TPSA) is 108 Å². The van der Waals surface area contributed by atoms with Crippen LogP contribution < -0.4 is 15.4 Å². The summed E-state index contributed by atoms with van der Waals surface area (Å²) in [5, 5.41) is 5.73. The molecule has 0 bridgehead atoms. The molecule has 2 aliphatic carbocycles. The van der Waals surface area contributed by atoms with E-state index in [0.29, 0.717) is 25.9 Å². The molecule has 4 rings (SSSR count). The van der Waals surface area contributed by atoms with Crippen molar-refractivity contribution in [1.29, 1.82) is 0 Å². The molecule has 0 saturated carbocycles. The summed E-state index contributed by atoms with van der Waals surface area (Å²) in [5.41, 5.74) is 6.55. The van der Waals surface area contributed by atoms with Crippen LogP contribution in [0.4, 0.5) is 10.5 Å². The minimum atomic E-state index is -4.01. The van der Waals surface area contributed by atoms with E-state index in [1.165, 1.54) is 23.3 Å². The molecule has 0 heterocycles. The Labute approximate surface area is 207 Å². The molecule has 9 heteroatoms. The normalized spacial score (nSPS) is 14.5. The van der Waals surface area contributed by atoms with Crippen LogP contribution >= 0.6 is 0 Å². The van der Waals surface area contributed by atoms with E-state index in [1.807, 2.05) is 19.0 Å². The Morgan fingerprint density at radius 1 is 0.943 bits per heavy atom. The maximum absolute atomic E-state index is 12.8. The average molecular weight is 499 g/mol. The number of carbonyl (C=O) groups is 2. The van der Waals surface area contributed by atoms with Gasteiger partial charge >= 0.3 is 6.03 Å². The van der Waals surface area contributed by atoms with E-state index in [4.69, 9.17) is 0 Å². The van der Waals surface area contributed by atoms with Crippen LogP contribution in [0.2, 0.25) is 0 Å². The van der Waals surface area contributed by atoms with Gasteiger partial charge in [-0.05, 0) is 99.0 Å². The zero-order chi connectivity index (χ0) is 25.0. The van der Waals surface area contributed by atoms with Crippen molar-refractivity contribution in [3.8, 4) is 0 Å². The lowest BCUT2D eigenvalue weighted by atomic mass is 9.99. The van der Waals surface area contributed by atoms with E-state index in [0.717, 1.165) is 60.9 Å². The van der Waals surface area contributed by atoms with E-state index in [1.54, 1.807) is 12.1 Å². The summed E-state index contributed by atoms with van der Waals surface area (Å²) in [6.45, 7) is 1.17. The second-order valence-corrected chi connectivity index (χ2v) is 11.3. The van der Waals surface area contributed by atoms with Gasteiger partial charge in [-0.25, -0.2) is 17.9 Å². The van der Waals surface area contributed by atoms with Crippen LogP contribution in [-0.4, -0.2) is 52.4 Å². The van der Waals surface area contributed by atoms with Gasteiger partial charge in [-0.1, -0.05) is 18.2 Å². The summed E-state index contributed by atoms with van der Waals surface area (Å²) in [5.74, 6) is -0.0113. The maximum Gasteiger partial charge on any atom is 0.333 e. The minimum absolute atomic E-state index is 0.0113. The summed E-state index contributed by atoms with van der Waals surface area (Å²) in [6, 6.07) is 7.91. The number of benzene rings is 2. The molecule has 0 unspecified atom stereocenters. The second kappa shape index (κ2) is 10.8. The van der Waals surface area contributed by atoms with Crippen molar-refractivity contribution in [1.82, 2.24) is 14.9 Å². The predicted octanol–water partition coefficient (Wildman–Crippen LogP) is 2.78. The fourth-order valence-corrected chi connectivity index (χ4v) is 5.79. The van der Waals surface area contributed by atoms with Crippen LogP contribution in [0, 0.1) is 0 Å². The lowest BCUT2D eigenvalue weighted by molar-refractivity contribution is -0.121. The molecule has 2 aliphatic rings. The third-order valence-corrected chi connectivity index (χ3v) is 8.04. The number of urea groups is 1. The van der Waals surface area contributed by atoms with Crippen LogP contribution in [0.1, 0.15) is 47.1 Å². The standard InChI is InChI=1S/C26H34N4O4S/c1-30(2)16-14-24(31)27-15-13-18-9-11-21(12-10-18)35(33,34)29-26(32)28-25-22-7-3-5-19(22)17-20-6-4-8-23(20)25/h9-12,17H,3-8,13-16H2,1-2H3,(H,27,31)(H2,28,29,32). The number of hydrogen-bond donors (Lipinski definition) is 3. The summed E-state index contributed by atoms with van der Waals surface area (Å²) < 4.78 is 27.8. The van der Waals surface area contributed by atoms with E-state index in [2.05, 4.69) is 21.4 Å². The zero-order valence-corrected chi connectivity index (χ0v) is 21.3. The van der Waals surface area contributed by atoms with Crippen molar-refractivity contribution in [2.45, 2.75) is 56.3 Å². The Balaban J connectivity index is 1.34. The zero-order valence-electron chi connectivity index (χ0n) is 20.4. The van der Waals surface area contributed by atoms with E-state index in [-0.39, 0.29) is 10.8 Å². The van der Waals surface area contributed by atoms with Crippen LogP contribution in [0.25, 0.3) is 0 Å². The third-order valence-electron chi connectivity index (χ3n) is 6.69. The lowest BCUT2D eigenvalue weighted by Crippen LogP contribution is -2.35. The molecular weight excluding hydrogens is 464 g/mol. The number of hydrogen-bond acceptors (Lipinski definition) is 5. The van der Waals surface area contributed by atoms with Gasteiger partial charge in [0.05, 0.1) is 4.90 Å². The van der Waals surface area contributed by atoms with Gasteiger partial charge in [0.25, 0.3) is 10.0 Å². The smallest absolute Gasteiger partial charge is 0.333 e. The molecule has 0 aliphatic heterocycles. The van der Waals surface area contributed by atoms with Crippen LogP contribution in [0.3, 0.4) is 0 Å². The Morgan fingerprint density at radius 2 is 1.57 bits per heavy atom. The van der Waals surface area contributed by atoms with Gasteiger partial charge in [0.1, 0.15) is 0 Å². The number of nitrogens with zero attached hydrogens (tertiary/aromatic N) is 1. The number of rotatable bonds is 9. The number of aryl methyl sites for hydroxylation is 2. The maximum atomic E-state index is 12.8. The molecule has 0 spiro atoms. The first kappa shape index (κ1) is 25.2. The molecule has 8 nitrogen and oxygen atoms in total. The minimum Gasteiger partial charge on any atom is -0.356 e. The Kier molecular flexibility index (Phi) is 7.76. The summed E-state index contributed by atoms with van der Waals surface area (Å²) in [6.07, 6.45) is 6.95. The number of nitrogens with one attached hydrogen (secondary N) is 3. The molecule has 2 aromatic rings. The molecule has 2 aromatic carbocycles. The average Bonchev–Trinajstić information content (AvgIpc) is 3.47. The van der Waals surface area contributed by atoms with Gasteiger partial charge < -0.3 is 15.5 Å². The van der Waals surface area contributed by atoms with Crippen molar-refractivity contribution in [2.75, 3.05) is 32.5 Å². The molecule has 0 aromatic heterocycles. The Morgan fingerprint density at radius 3 is 2.17 bits per heavy atom. The fraction of sp³-hybridized carbons (Fsp3) is 0.462. The van der Waals surface area contributed by atoms with E-state index in [9.17, 15) is 18.0 Å². The highest BCUT2D eigenvalue weighted by molar-refractivity contribution is 7.90.